The minimum atomic E-state index is -3.85. The van der Waals surface area contributed by atoms with Crippen molar-refractivity contribution in [3.05, 3.63) is 18.5 Å². The zero-order valence-corrected chi connectivity index (χ0v) is 9.16. The second-order valence-corrected chi connectivity index (χ2v) is 4.55. The van der Waals surface area contributed by atoms with E-state index < -0.39 is 10.0 Å². The molecule has 0 aliphatic carbocycles. The second-order valence-electron chi connectivity index (χ2n) is 3.10. The van der Waals surface area contributed by atoms with Crippen LogP contribution in [0.2, 0.25) is 0 Å². The van der Waals surface area contributed by atoms with Crippen molar-refractivity contribution in [2.75, 3.05) is 0 Å². The van der Waals surface area contributed by atoms with Gasteiger partial charge in [0.2, 0.25) is 0 Å². The number of hydrogen-bond acceptors (Lipinski definition) is 6. The molecule has 0 radical (unpaired) electrons. The van der Waals surface area contributed by atoms with Gasteiger partial charge in [0.1, 0.15) is 19.2 Å². The normalized spacial score (nSPS) is 11.9. The molecule has 9 nitrogen and oxygen atoms in total. The lowest BCUT2D eigenvalue weighted by Gasteiger charge is -2.01. The van der Waals surface area contributed by atoms with Gasteiger partial charge in [0.05, 0.1) is 0 Å². The van der Waals surface area contributed by atoms with E-state index in [1.54, 1.807) is 0 Å². The summed E-state index contributed by atoms with van der Waals surface area (Å²) < 4.78 is 25.0. The fourth-order valence-electron chi connectivity index (χ4n) is 1.19. The third kappa shape index (κ3) is 1.92. The second kappa shape index (κ2) is 3.64. The van der Waals surface area contributed by atoms with Crippen LogP contribution in [-0.2, 0) is 23.6 Å². The number of sulfonamides is 1. The van der Waals surface area contributed by atoms with E-state index in [1.807, 2.05) is 0 Å². The lowest BCUT2D eigenvalue weighted by molar-refractivity contribution is 0.572. The molecule has 0 aliphatic rings. The lowest BCUT2D eigenvalue weighted by atomic mass is 10.6. The van der Waals surface area contributed by atoms with Crippen molar-refractivity contribution in [2.24, 2.45) is 12.2 Å². The zero-order chi connectivity index (χ0) is 11.8. The first-order chi connectivity index (χ1) is 7.48. The first-order valence-corrected chi connectivity index (χ1v) is 5.76. The lowest BCUT2D eigenvalue weighted by Crippen LogP contribution is -2.18. The summed E-state index contributed by atoms with van der Waals surface area (Å²) in [6, 6.07) is 0. The average Bonchev–Trinajstić information content (AvgIpc) is 2.76. The molecule has 0 fully saturated rings. The SMILES string of the molecule is Cn1c(Cn2cncn2)nnc1S(N)(=O)=O. The van der Waals surface area contributed by atoms with Gasteiger partial charge in [-0.2, -0.15) is 5.10 Å². The van der Waals surface area contributed by atoms with Crippen LogP contribution in [0.3, 0.4) is 0 Å². The Morgan fingerprint density at radius 1 is 1.44 bits per heavy atom. The molecule has 2 rings (SSSR count). The monoisotopic (exact) mass is 243 g/mol. The maximum Gasteiger partial charge on any atom is 0.273 e. The summed E-state index contributed by atoms with van der Waals surface area (Å²) in [5, 5.41) is 15.8. The Kier molecular flexibility index (Phi) is 2.44. The maximum absolute atomic E-state index is 11.1. The molecule has 0 unspecified atom stereocenters. The topological polar surface area (TPSA) is 122 Å². The molecule has 0 spiro atoms. The van der Waals surface area contributed by atoms with Gasteiger partial charge in [0, 0.05) is 7.05 Å². The molecule has 10 heteroatoms. The summed E-state index contributed by atoms with van der Waals surface area (Å²) >= 11 is 0. The summed E-state index contributed by atoms with van der Waals surface area (Å²) in [5.74, 6) is 0.425. The van der Waals surface area contributed by atoms with Crippen LogP contribution in [0.15, 0.2) is 17.8 Å². The Labute approximate surface area is 91.0 Å². The van der Waals surface area contributed by atoms with Gasteiger partial charge in [0.15, 0.2) is 5.82 Å². The van der Waals surface area contributed by atoms with Gasteiger partial charge in [-0.1, -0.05) is 0 Å². The minimum Gasteiger partial charge on any atom is -0.302 e. The molecule has 0 saturated heterocycles. The van der Waals surface area contributed by atoms with Gasteiger partial charge in [0.25, 0.3) is 15.2 Å². The molecule has 2 aromatic heterocycles. The molecule has 0 aromatic carbocycles. The van der Waals surface area contributed by atoms with Crippen LogP contribution in [0, 0.1) is 0 Å². The first-order valence-electron chi connectivity index (χ1n) is 4.22. The number of aromatic nitrogens is 6. The highest BCUT2D eigenvalue weighted by Crippen LogP contribution is 2.05. The molecule has 0 amide bonds. The van der Waals surface area contributed by atoms with Crippen LogP contribution >= 0.6 is 0 Å². The first kappa shape index (κ1) is 10.7. The van der Waals surface area contributed by atoms with Crippen molar-refractivity contribution < 1.29 is 8.42 Å². The fourth-order valence-corrected chi connectivity index (χ4v) is 1.83. The Hall–Kier alpha value is -1.81. The number of nitrogens with zero attached hydrogens (tertiary/aromatic N) is 6. The van der Waals surface area contributed by atoms with Gasteiger partial charge in [-0.05, 0) is 0 Å². The Balaban J connectivity index is 2.35. The van der Waals surface area contributed by atoms with Crippen molar-refractivity contribution in [3.63, 3.8) is 0 Å². The molecule has 16 heavy (non-hydrogen) atoms. The molecule has 0 atom stereocenters. The van der Waals surface area contributed by atoms with Crippen LogP contribution in [0.4, 0.5) is 0 Å². The zero-order valence-electron chi connectivity index (χ0n) is 8.35. The fraction of sp³-hybridized carbons (Fsp3) is 0.333. The summed E-state index contributed by atoms with van der Waals surface area (Å²) in [6.45, 7) is 0.277. The van der Waals surface area contributed by atoms with Crippen LogP contribution in [0.1, 0.15) is 5.82 Å². The molecule has 0 saturated carbocycles. The van der Waals surface area contributed by atoms with E-state index in [-0.39, 0.29) is 11.7 Å². The van der Waals surface area contributed by atoms with Crippen molar-refractivity contribution in [1.82, 2.24) is 29.5 Å². The summed E-state index contributed by atoms with van der Waals surface area (Å²) in [7, 11) is -2.33. The number of hydrogen-bond donors (Lipinski definition) is 1. The Morgan fingerprint density at radius 2 is 2.19 bits per heavy atom. The van der Waals surface area contributed by atoms with Gasteiger partial charge in [-0.25, -0.2) is 23.2 Å². The van der Waals surface area contributed by atoms with Gasteiger partial charge >= 0.3 is 0 Å². The van der Waals surface area contributed by atoms with Crippen molar-refractivity contribution in [2.45, 2.75) is 11.7 Å². The van der Waals surface area contributed by atoms with E-state index >= 15 is 0 Å². The molecule has 2 aromatic rings. The van der Waals surface area contributed by atoms with E-state index in [1.165, 1.54) is 29.0 Å². The largest absolute Gasteiger partial charge is 0.302 e. The molecule has 0 aliphatic heterocycles. The minimum absolute atomic E-state index is 0.275. The van der Waals surface area contributed by atoms with Crippen LogP contribution in [0.25, 0.3) is 0 Å². The highest BCUT2D eigenvalue weighted by Gasteiger charge is 2.18. The molecular weight excluding hydrogens is 234 g/mol. The van der Waals surface area contributed by atoms with Crippen molar-refractivity contribution in [1.29, 1.82) is 0 Å². The molecular formula is C6H9N7O2S. The van der Waals surface area contributed by atoms with E-state index in [4.69, 9.17) is 5.14 Å². The van der Waals surface area contributed by atoms with Crippen molar-refractivity contribution in [3.8, 4) is 0 Å². The number of primary sulfonamides is 1. The third-order valence-corrected chi connectivity index (χ3v) is 2.81. The quantitative estimate of drug-likeness (QED) is 0.672. The average molecular weight is 243 g/mol. The molecule has 0 bridgehead atoms. The predicted molar refractivity (Wildman–Crippen MR) is 51.5 cm³/mol. The summed E-state index contributed by atoms with van der Waals surface area (Å²) in [6.07, 6.45) is 2.86. The number of rotatable bonds is 3. The van der Waals surface area contributed by atoms with Gasteiger partial charge in [-0.15, -0.1) is 10.2 Å². The Bertz CT molecular complexity index is 584. The van der Waals surface area contributed by atoms with Crippen LogP contribution in [0.5, 0.6) is 0 Å². The highest BCUT2D eigenvalue weighted by molar-refractivity contribution is 7.89. The van der Waals surface area contributed by atoms with E-state index in [0.29, 0.717) is 5.82 Å². The van der Waals surface area contributed by atoms with Crippen LogP contribution in [-0.4, -0.2) is 37.9 Å². The summed E-state index contributed by atoms with van der Waals surface area (Å²) in [5.41, 5.74) is 0. The molecule has 86 valence electrons. The van der Waals surface area contributed by atoms with E-state index in [0.717, 1.165) is 0 Å². The van der Waals surface area contributed by atoms with Gasteiger partial charge in [-0.3, -0.25) is 0 Å². The number of nitrogens with two attached hydrogens (primary N) is 1. The van der Waals surface area contributed by atoms with Crippen molar-refractivity contribution >= 4 is 10.0 Å². The maximum atomic E-state index is 11.1. The van der Waals surface area contributed by atoms with Gasteiger partial charge < -0.3 is 4.57 Å². The van der Waals surface area contributed by atoms with E-state index in [2.05, 4.69) is 20.3 Å². The highest BCUT2D eigenvalue weighted by atomic mass is 32.2. The molecule has 2 heterocycles. The Morgan fingerprint density at radius 3 is 2.69 bits per heavy atom. The molecule has 2 N–H and O–H groups in total. The van der Waals surface area contributed by atoms with Crippen LogP contribution < -0.4 is 5.14 Å². The van der Waals surface area contributed by atoms with E-state index in [9.17, 15) is 8.42 Å². The standard InChI is InChI=1S/C6H9N7O2S/c1-12-5(2-13-4-8-3-9-13)10-11-6(12)16(7,14)15/h3-4H,2H2,1H3,(H2,7,14,15). The third-order valence-electron chi connectivity index (χ3n) is 1.95. The summed E-state index contributed by atoms with van der Waals surface area (Å²) in [4.78, 5) is 3.76. The smallest absolute Gasteiger partial charge is 0.273 e. The predicted octanol–water partition coefficient (Wildman–Crippen LogP) is -1.90.